The van der Waals surface area contributed by atoms with Crippen molar-refractivity contribution in [1.82, 2.24) is 9.97 Å². The normalized spacial score (nSPS) is 11.5. The van der Waals surface area contributed by atoms with Crippen LogP contribution in [0.5, 0.6) is 5.75 Å². The van der Waals surface area contributed by atoms with Gasteiger partial charge in [-0.25, -0.2) is 13.4 Å². The van der Waals surface area contributed by atoms with E-state index in [1.54, 1.807) is 42.3 Å². The highest BCUT2D eigenvalue weighted by Gasteiger charge is 2.22. The zero-order valence-corrected chi connectivity index (χ0v) is 20.6. The van der Waals surface area contributed by atoms with E-state index in [1.807, 2.05) is 43.3 Å². The minimum absolute atomic E-state index is 0.0335. The molecule has 4 aromatic rings. The van der Waals surface area contributed by atoms with Crippen molar-refractivity contribution in [3.8, 4) is 5.75 Å². The molecule has 0 unspecified atom stereocenters. The molecule has 2 heterocycles. The van der Waals surface area contributed by atoms with E-state index in [0.29, 0.717) is 11.7 Å². The first kappa shape index (κ1) is 23.8. The van der Waals surface area contributed by atoms with Gasteiger partial charge in [-0.15, -0.1) is 0 Å². The van der Waals surface area contributed by atoms with Gasteiger partial charge in [0.1, 0.15) is 5.75 Å². The topological polar surface area (TPSA) is 89.5 Å². The van der Waals surface area contributed by atoms with Crippen LogP contribution in [0.4, 0.5) is 5.13 Å². The summed E-state index contributed by atoms with van der Waals surface area (Å²) >= 11 is 1.42. The molecule has 7 nitrogen and oxygen atoms in total. The number of pyridine rings is 1. The Bertz CT molecular complexity index is 1380. The summed E-state index contributed by atoms with van der Waals surface area (Å²) in [6.07, 6.45) is 1.80. The SMILES string of the molecule is CCOc1ccc2nc(N(Cc3ccccn3)C(=O)Cc3ccc(S(=O)(=O)CC)cc3)sc2c1. The third-order valence-electron chi connectivity index (χ3n) is 5.26. The van der Waals surface area contributed by atoms with E-state index in [9.17, 15) is 13.2 Å². The van der Waals surface area contributed by atoms with Crippen LogP contribution in [0.1, 0.15) is 25.1 Å². The first-order valence-electron chi connectivity index (χ1n) is 10.9. The average molecular weight is 496 g/mol. The third kappa shape index (κ3) is 5.43. The quantitative estimate of drug-likeness (QED) is 0.336. The van der Waals surface area contributed by atoms with Crippen molar-refractivity contribution in [2.75, 3.05) is 17.3 Å². The van der Waals surface area contributed by atoms with Gasteiger partial charge in [0.05, 0.1) is 46.1 Å². The summed E-state index contributed by atoms with van der Waals surface area (Å²) in [5.74, 6) is 0.641. The highest BCUT2D eigenvalue weighted by atomic mass is 32.2. The van der Waals surface area contributed by atoms with E-state index in [2.05, 4.69) is 4.98 Å². The van der Waals surface area contributed by atoms with Crippen molar-refractivity contribution >= 4 is 42.4 Å². The number of hydrogen-bond donors (Lipinski definition) is 0. The van der Waals surface area contributed by atoms with Gasteiger partial charge in [-0.2, -0.15) is 0 Å². The third-order valence-corrected chi connectivity index (χ3v) is 8.05. The standard InChI is InChI=1S/C25H25N3O4S2/c1-3-32-20-10-13-22-23(16-20)33-25(27-22)28(17-19-7-5-6-14-26-19)24(29)15-18-8-11-21(12-9-18)34(30,31)4-2/h5-14,16H,3-4,15,17H2,1-2H3. The lowest BCUT2D eigenvalue weighted by Crippen LogP contribution is -2.32. The van der Waals surface area contributed by atoms with Crippen LogP contribution in [0.2, 0.25) is 0 Å². The van der Waals surface area contributed by atoms with E-state index in [1.165, 1.54) is 11.3 Å². The number of amides is 1. The van der Waals surface area contributed by atoms with Crippen LogP contribution in [0.25, 0.3) is 10.2 Å². The minimum atomic E-state index is -3.29. The molecule has 1 amide bonds. The second kappa shape index (κ2) is 10.3. The summed E-state index contributed by atoms with van der Waals surface area (Å²) in [5.41, 5.74) is 2.26. The molecule has 0 N–H and O–H groups in total. The van der Waals surface area contributed by atoms with Crippen LogP contribution in [0.15, 0.2) is 71.8 Å². The van der Waals surface area contributed by atoms with Gasteiger partial charge in [-0.3, -0.25) is 14.7 Å². The highest BCUT2D eigenvalue weighted by molar-refractivity contribution is 7.91. The van der Waals surface area contributed by atoms with Crippen molar-refractivity contribution in [1.29, 1.82) is 0 Å². The number of aromatic nitrogens is 2. The monoisotopic (exact) mass is 495 g/mol. The number of carbonyl (C=O) groups is 1. The van der Waals surface area contributed by atoms with Crippen LogP contribution >= 0.6 is 11.3 Å². The molecule has 2 aromatic carbocycles. The van der Waals surface area contributed by atoms with Crippen molar-refractivity contribution < 1.29 is 17.9 Å². The van der Waals surface area contributed by atoms with Crippen LogP contribution in [0, 0.1) is 0 Å². The fourth-order valence-electron chi connectivity index (χ4n) is 3.43. The molecule has 176 valence electrons. The molecule has 0 atom stereocenters. The van der Waals surface area contributed by atoms with Gasteiger partial charge in [0.2, 0.25) is 5.91 Å². The van der Waals surface area contributed by atoms with Crippen LogP contribution in [-0.4, -0.2) is 36.7 Å². The molecule has 9 heteroatoms. The molecule has 0 radical (unpaired) electrons. The molecule has 0 aliphatic carbocycles. The second-order valence-corrected chi connectivity index (χ2v) is 10.9. The number of rotatable bonds is 9. The number of nitrogens with zero attached hydrogens (tertiary/aromatic N) is 3. The zero-order chi connectivity index (χ0) is 24.1. The molecule has 0 saturated carbocycles. The molecule has 0 aliphatic rings. The molecule has 0 spiro atoms. The number of fused-ring (bicyclic) bond motifs is 1. The predicted molar refractivity (Wildman–Crippen MR) is 134 cm³/mol. The first-order valence-corrected chi connectivity index (χ1v) is 13.4. The second-order valence-electron chi connectivity index (χ2n) is 7.58. The molecule has 0 aliphatic heterocycles. The Morgan fingerprint density at radius 2 is 1.85 bits per heavy atom. The van der Waals surface area contributed by atoms with Gasteiger partial charge in [-0.1, -0.05) is 36.5 Å². The average Bonchev–Trinajstić information content (AvgIpc) is 3.27. The Labute approximate surface area is 203 Å². The lowest BCUT2D eigenvalue weighted by molar-refractivity contribution is -0.118. The van der Waals surface area contributed by atoms with Gasteiger partial charge in [0.25, 0.3) is 0 Å². The summed E-state index contributed by atoms with van der Waals surface area (Å²) in [6.45, 7) is 4.39. The largest absolute Gasteiger partial charge is 0.494 e. The van der Waals surface area contributed by atoms with E-state index in [0.717, 1.165) is 27.2 Å². The van der Waals surface area contributed by atoms with Crippen molar-refractivity contribution in [2.24, 2.45) is 0 Å². The van der Waals surface area contributed by atoms with Crippen LogP contribution in [0.3, 0.4) is 0 Å². The Kier molecular flexibility index (Phi) is 7.23. The molecular weight excluding hydrogens is 470 g/mol. The van der Waals surface area contributed by atoms with Crippen LogP contribution in [-0.2, 0) is 27.6 Å². The molecule has 0 fully saturated rings. The summed E-state index contributed by atoms with van der Waals surface area (Å²) in [4.78, 5) is 24.4. The Morgan fingerprint density at radius 3 is 2.53 bits per heavy atom. The number of carbonyl (C=O) groups excluding carboxylic acids is 1. The summed E-state index contributed by atoms with van der Waals surface area (Å²) < 4.78 is 30.7. The minimum Gasteiger partial charge on any atom is -0.494 e. The Morgan fingerprint density at radius 1 is 1.06 bits per heavy atom. The lowest BCUT2D eigenvalue weighted by atomic mass is 10.1. The number of thiazole rings is 1. The van der Waals surface area contributed by atoms with Crippen molar-refractivity contribution in [2.45, 2.75) is 31.7 Å². The van der Waals surface area contributed by atoms with Crippen molar-refractivity contribution in [3.05, 3.63) is 78.1 Å². The van der Waals surface area contributed by atoms with Crippen LogP contribution < -0.4 is 9.64 Å². The summed E-state index contributed by atoms with van der Waals surface area (Å²) in [7, 11) is -3.29. The Hall–Kier alpha value is -3.30. The predicted octanol–water partition coefficient (Wildman–Crippen LogP) is 4.66. The fourth-order valence-corrected chi connectivity index (χ4v) is 5.33. The van der Waals surface area contributed by atoms with E-state index in [4.69, 9.17) is 9.72 Å². The fraction of sp³-hybridized carbons (Fsp3) is 0.240. The number of anilines is 1. The first-order chi connectivity index (χ1) is 16.4. The maximum atomic E-state index is 13.4. The molecule has 34 heavy (non-hydrogen) atoms. The van der Waals surface area contributed by atoms with E-state index < -0.39 is 9.84 Å². The maximum absolute atomic E-state index is 13.4. The van der Waals surface area contributed by atoms with E-state index >= 15 is 0 Å². The van der Waals surface area contributed by atoms with Gasteiger partial charge >= 0.3 is 0 Å². The molecule has 4 rings (SSSR count). The Balaban J connectivity index is 1.63. The van der Waals surface area contributed by atoms with Gasteiger partial charge in [0, 0.05) is 6.20 Å². The number of hydrogen-bond acceptors (Lipinski definition) is 7. The number of sulfone groups is 1. The van der Waals surface area contributed by atoms with Gasteiger partial charge in [0.15, 0.2) is 15.0 Å². The summed E-state index contributed by atoms with van der Waals surface area (Å²) in [5, 5.41) is 0.574. The summed E-state index contributed by atoms with van der Waals surface area (Å²) in [6, 6.07) is 17.7. The van der Waals surface area contributed by atoms with Crippen molar-refractivity contribution in [3.63, 3.8) is 0 Å². The van der Waals surface area contributed by atoms with Gasteiger partial charge in [-0.05, 0) is 55.0 Å². The maximum Gasteiger partial charge on any atom is 0.233 e. The molecular formula is C25H25N3O4S2. The zero-order valence-electron chi connectivity index (χ0n) is 19.0. The van der Waals surface area contributed by atoms with Gasteiger partial charge < -0.3 is 4.74 Å². The smallest absolute Gasteiger partial charge is 0.233 e. The van der Waals surface area contributed by atoms with E-state index in [-0.39, 0.29) is 29.5 Å². The molecule has 0 bridgehead atoms. The lowest BCUT2D eigenvalue weighted by Gasteiger charge is -2.19. The number of benzene rings is 2. The highest BCUT2D eigenvalue weighted by Crippen LogP contribution is 2.32. The number of ether oxygens (including phenoxy) is 1. The molecule has 2 aromatic heterocycles. The molecule has 0 saturated heterocycles.